The Morgan fingerprint density at radius 3 is 2.48 bits per heavy atom. The Hall–Kier alpha value is -2.55. The molecular weight excluding hydrogens is 300 g/mol. The number of rotatable bonds is 4. The number of nitrogens with zero attached hydrogens (tertiary/aromatic N) is 2. The fourth-order valence-corrected chi connectivity index (χ4v) is 3.03. The zero-order valence-corrected chi connectivity index (χ0v) is 12.0. The van der Waals surface area contributed by atoms with E-state index in [9.17, 15) is 18.0 Å². The molecule has 0 atom stereocenters. The van der Waals surface area contributed by atoms with E-state index < -0.39 is 22.0 Å². The van der Waals surface area contributed by atoms with Crippen LogP contribution in [0.1, 0.15) is 20.8 Å². The number of hydrogen-bond donors (Lipinski definition) is 1. The number of aryl methyl sites for hydroxylation is 1. The molecule has 21 heavy (non-hydrogen) atoms. The molecule has 0 amide bonds. The Morgan fingerprint density at radius 1 is 1.29 bits per heavy atom. The summed E-state index contributed by atoms with van der Waals surface area (Å²) in [6, 6.07) is 2.34. The number of carbonyl (C=O) groups excluding carboxylic acids is 1. The van der Waals surface area contributed by atoms with E-state index in [1.54, 1.807) is 0 Å². The molecular formula is C12H12N2O6S. The van der Waals surface area contributed by atoms with Crippen molar-refractivity contribution in [2.24, 2.45) is 7.05 Å². The Labute approximate surface area is 120 Å². The highest BCUT2D eigenvalue weighted by Crippen LogP contribution is 2.18. The van der Waals surface area contributed by atoms with Crippen molar-refractivity contribution in [1.29, 1.82) is 0 Å². The summed E-state index contributed by atoms with van der Waals surface area (Å²) >= 11 is 0. The second-order valence-corrected chi connectivity index (χ2v) is 6.05. The molecule has 0 aliphatic rings. The number of carboxylic acids is 1. The number of aromatic nitrogens is 2. The molecule has 2 aromatic rings. The predicted molar refractivity (Wildman–Crippen MR) is 70.7 cm³/mol. The molecule has 112 valence electrons. The minimum Gasteiger partial charge on any atom is -0.478 e. The fourth-order valence-electron chi connectivity index (χ4n) is 1.76. The summed E-state index contributed by atoms with van der Waals surface area (Å²) in [5.74, 6) is -1.90. The van der Waals surface area contributed by atoms with Crippen LogP contribution in [0.4, 0.5) is 0 Å². The van der Waals surface area contributed by atoms with E-state index in [1.165, 1.54) is 37.1 Å². The molecule has 0 aliphatic carbocycles. The minimum atomic E-state index is -3.97. The topological polar surface area (TPSA) is 108 Å². The summed E-state index contributed by atoms with van der Waals surface area (Å²) in [6.45, 7) is 0. The molecule has 0 saturated heterocycles. The Morgan fingerprint density at radius 2 is 1.95 bits per heavy atom. The van der Waals surface area contributed by atoms with Crippen LogP contribution in [0.25, 0.3) is 0 Å². The number of esters is 1. The Balaban J connectivity index is 2.48. The highest BCUT2D eigenvalue weighted by atomic mass is 32.2. The van der Waals surface area contributed by atoms with Gasteiger partial charge >= 0.3 is 11.9 Å². The summed E-state index contributed by atoms with van der Waals surface area (Å²) in [5.41, 5.74) is -0.0793. The molecule has 0 unspecified atom stereocenters. The SMILES string of the molecule is COC(=O)c1cc(S(=O)(=O)n2ccc(C(=O)O)c2)cn1C. The number of carbonyl (C=O) groups is 2. The lowest BCUT2D eigenvalue weighted by atomic mass is 10.4. The third-order valence-corrected chi connectivity index (χ3v) is 4.47. The number of carboxylic acid groups (broad SMARTS) is 1. The van der Waals surface area contributed by atoms with Crippen molar-refractivity contribution in [3.05, 3.63) is 42.0 Å². The number of hydrogen-bond acceptors (Lipinski definition) is 5. The predicted octanol–water partition coefficient (Wildman–Crippen LogP) is 0.548. The van der Waals surface area contributed by atoms with Crippen molar-refractivity contribution in [2.75, 3.05) is 7.11 Å². The van der Waals surface area contributed by atoms with Gasteiger partial charge < -0.3 is 14.4 Å². The fraction of sp³-hybridized carbons (Fsp3) is 0.167. The summed E-state index contributed by atoms with van der Waals surface area (Å²) in [5, 5.41) is 8.81. The van der Waals surface area contributed by atoms with E-state index in [4.69, 9.17) is 5.11 Å². The zero-order chi connectivity index (χ0) is 15.8. The van der Waals surface area contributed by atoms with E-state index in [0.29, 0.717) is 0 Å². The van der Waals surface area contributed by atoms with Crippen LogP contribution in [0.15, 0.2) is 35.6 Å². The van der Waals surface area contributed by atoms with Crippen LogP contribution in [0.2, 0.25) is 0 Å². The van der Waals surface area contributed by atoms with Gasteiger partial charge in [-0.2, -0.15) is 0 Å². The first kappa shape index (κ1) is 14.9. The smallest absolute Gasteiger partial charge is 0.354 e. The van der Waals surface area contributed by atoms with Gasteiger partial charge in [0.1, 0.15) is 10.6 Å². The average Bonchev–Trinajstić information content (AvgIpc) is 3.04. The highest BCUT2D eigenvalue weighted by Gasteiger charge is 2.23. The lowest BCUT2D eigenvalue weighted by Gasteiger charge is -2.02. The summed E-state index contributed by atoms with van der Waals surface area (Å²) in [7, 11) is -1.28. The second-order valence-electron chi connectivity index (χ2n) is 4.20. The molecule has 0 aliphatic heterocycles. The highest BCUT2D eigenvalue weighted by molar-refractivity contribution is 7.90. The van der Waals surface area contributed by atoms with Crippen molar-refractivity contribution in [3.8, 4) is 0 Å². The van der Waals surface area contributed by atoms with Gasteiger partial charge in [0, 0.05) is 25.6 Å². The van der Waals surface area contributed by atoms with Gasteiger partial charge in [0.05, 0.1) is 12.7 Å². The molecule has 0 bridgehead atoms. The third kappa shape index (κ3) is 2.55. The Kier molecular flexibility index (Phi) is 3.60. The molecule has 0 spiro atoms. The number of ether oxygens (including phenoxy) is 1. The molecule has 2 aromatic heterocycles. The molecule has 8 nitrogen and oxygen atoms in total. The largest absolute Gasteiger partial charge is 0.478 e. The van der Waals surface area contributed by atoms with Crippen molar-refractivity contribution in [1.82, 2.24) is 8.54 Å². The maximum absolute atomic E-state index is 12.4. The monoisotopic (exact) mass is 312 g/mol. The first-order chi connectivity index (χ1) is 9.77. The van der Waals surface area contributed by atoms with Crippen LogP contribution in [0.5, 0.6) is 0 Å². The first-order valence-electron chi connectivity index (χ1n) is 5.69. The van der Waals surface area contributed by atoms with E-state index in [1.807, 2.05) is 0 Å². The van der Waals surface area contributed by atoms with Crippen molar-refractivity contribution in [3.63, 3.8) is 0 Å². The van der Waals surface area contributed by atoms with Crippen molar-refractivity contribution >= 4 is 22.0 Å². The van der Waals surface area contributed by atoms with Gasteiger partial charge in [0.2, 0.25) is 0 Å². The molecule has 0 saturated carbocycles. The molecule has 0 radical (unpaired) electrons. The summed E-state index contributed by atoms with van der Waals surface area (Å²) in [4.78, 5) is 22.1. The molecule has 0 fully saturated rings. The first-order valence-corrected chi connectivity index (χ1v) is 7.13. The van der Waals surface area contributed by atoms with E-state index >= 15 is 0 Å². The van der Waals surface area contributed by atoms with Crippen LogP contribution < -0.4 is 0 Å². The summed E-state index contributed by atoms with van der Waals surface area (Å²) in [6.07, 6.45) is 3.37. The zero-order valence-electron chi connectivity index (χ0n) is 11.2. The van der Waals surface area contributed by atoms with Gasteiger partial charge in [-0.1, -0.05) is 0 Å². The maximum Gasteiger partial charge on any atom is 0.354 e. The standard InChI is InChI=1S/C12H12N2O6S/c1-13-7-9(5-10(13)12(17)20-2)21(18,19)14-4-3-8(6-14)11(15)16/h3-7H,1-2H3,(H,15,16). The van der Waals surface area contributed by atoms with Gasteiger partial charge in [0.25, 0.3) is 10.0 Å². The van der Waals surface area contributed by atoms with Crippen molar-refractivity contribution in [2.45, 2.75) is 4.90 Å². The van der Waals surface area contributed by atoms with Crippen LogP contribution in [0.3, 0.4) is 0 Å². The quantitative estimate of drug-likeness (QED) is 0.826. The van der Waals surface area contributed by atoms with Gasteiger partial charge in [-0.15, -0.1) is 0 Å². The third-order valence-electron chi connectivity index (χ3n) is 2.86. The van der Waals surface area contributed by atoms with Crippen LogP contribution >= 0.6 is 0 Å². The summed E-state index contributed by atoms with van der Waals surface area (Å²) < 4.78 is 31.4. The second kappa shape index (κ2) is 5.09. The normalized spacial score (nSPS) is 11.3. The van der Waals surface area contributed by atoms with Crippen LogP contribution in [0, 0.1) is 0 Å². The lowest BCUT2D eigenvalue weighted by molar-refractivity contribution is 0.0589. The molecule has 2 rings (SSSR count). The molecule has 9 heteroatoms. The van der Waals surface area contributed by atoms with Gasteiger partial charge in [-0.05, 0) is 12.1 Å². The van der Waals surface area contributed by atoms with E-state index in [2.05, 4.69) is 4.74 Å². The van der Waals surface area contributed by atoms with Gasteiger partial charge in [-0.25, -0.2) is 22.0 Å². The van der Waals surface area contributed by atoms with Crippen LogP contribution in [-0.4, -0.2) is 41.1 Å². The molecule has 1 N–H and O–H groups in total. The van der Waals surface area contributed by atoms with Crippen LogP contribution in [-0.2, 0) is 21.8 Å². The number of methoxy groups -OCH3 is 1. The van der Waals surface area contributed by atoms with E-state index in [0.717, 1.165) is 16.4 Å². The minimum absolute atomic E-state index is 0.0710. The molecule has 0 aromatic carbocycles. The lowest BCUT2D eigenvalue weighted by Crippen LogP contribution is -2.10. The average molecular weight is 312 g/mol. The Bertz CT molecular complexity index is 815. The number of aromatic carboxylic acids is 1. The van der Waals surface area contributed by atoms with E-state index in [-0.39, 0.29) is 16.2 Å². The van der Waals surface area contributed by atoms with Crippen molar-refractivity contribution < 1.29 is 27.9 Å². The van der Waals surface area contributed by atoms with Gasteiger partial charge in [0.15, 0.2) is 0 Å². The maximum atomic E-state index is 12.4. The van der Waals surface area contributed by atoms with Gasteiger partial charge in [-0.3, -0.25) is 0 Å². The molecule has 2 heterocycles.